The summed E-state index contributed by atoms with van der Waals surface area (Å²) in [5.41, 5.74) is -5.83. The van der Waals surface area contributed by atoms with Crippen LogP contribution >= 0.6 is 11.3 Å². The molecule has 3 nitrogen and oxygen atoms in total. The number of ketones is 1. The summed E-state index contributed by atoms with van der Waals surface area (Å²) in [6.07, 6.45) is -15.4. The number of alkyl halides is 10. The molecular formula is C49H54F10IrNO2S-. The Balaban J connectivity index is 0.000000547. The number of aliphatic hydroxyl groups excluding tert-OH is 1. The Morgan fingerprint density at radius 2 is 1.27 bits per heavy atom. The van der Waals surface area contributed by atoms with E-state index in [0.29, 0.717) is 33.7 Å². The molecule has 1 N–H and O–H groups in total. The second-order valence-corrected chi connectivity index (χ2v) is 21.0. The van der Waals surface area contributed by atoms with Crippen LogP contribution in [0, 0.1) is 43.1 Å². The Kier molecular flexibility index (Phi) is 15.4. The van der Waals surface area contributed by atoms with Gasteiger partial charge in [-0.3, -0.25) is 9.78 Å². The number of halogens is 10. The van der Waals surface area contributed by atoms with E-state index in [1.807, 2.05) is 77.1 Å². The number of aliphatic hydroxyl groups is 1. The zero-order valence-corrected chi connectivity index (χ0v) is 41.4. The molecule has 2 aromatic heterocycles. The van der Waals surface area contributed by atoms with Gasteiger partial charge in [0, 0.05) is 58.6 Å². The van der Waals surface area contributed by atoms with Crippen molar-refractivity contribution in [1.29, 1.82) is 0 Å². The molecule has 353 valence electrons. The summed E-state index contributed by atoms with van der Waals surface area (Å²) in [5, 5.41) is 10.6. The predicted octanol–water partition coefficient (Wildman–Crippen LogP) is 16.3. The minimum absolute atomic E-state index is 0. The summed E-state index contributed by atoms with van der Waals surface area (Å²) in [6.45, 7) is 24.0. The van der Waals surface area contributed by atoms with Crippen LogP contribution in [-0.4, -0.2) is 34.4 Å². The molecule has 0 atom stereocenters. The Labute approximate surface area is 386 Å². The first-order chi connectivity index (χ1) is 28.3. The molecule has 0 fully saturated rings. The third kappa shape index (κ3) is 10.9. The summed E-state index contributed by atoms with van der Waals surface area (Å²) in [4.78, 5) is 16.1. The first-order valence-electron chi connectivity index (χ1n) is 20.1. The van der Waals surface area contributed by atoms with Crippen LogP contribution in [0.1, 0.15) is 110 Å². The number of rotatable bonds is 6. The van der Waals surface area contributed by atoms with Crippen molar-refractivity contribution in [3.63, 3.8) is 0 Å². The summed E-state index contributed by atoms with van der Waals surface area (Å²) >= 11 is 1.03. The number of aryl methyl sites for hydroxylation is 3. The van der Waals surface area contributed by atoms with E-state index in [1.165, 1.54) is 6.92 Å². The van der Waals surface area contributed by atoms with Crippen molar-refractivity contribution in [2.24, 2.45) is 16.2 Å². The largest absolute Gasteiger partial charge is 0.512 e. The van der Waals surface area contributed by atoms with E-state index >= 15 is 4.39 Å². The van der Waals surface area contributed by atoms with Crippen LogP contribution in [0.5, 0.6) is 0 Å². The predicted molar refractivity (Wildman–Crippen MR) is 233 cm³/mol. The van der Waals surface area contributed by atoms with Crippen molar-refractivity contribution >= 4 is 38.0 Å². The van der Waals surface area contributed by atoms with Gasteiger partial charge in [0.25, 0.3) is 0 Å². The first kappa shape index (κ1) is 54.5. The molecule has 0 aliphatic carbocycles. The third-order valence-corrected chi connectivity index (χ3v) is 12.2. The van der Waals surface area contributed by atoms with Gasteiger partial charge < -0.3 is 5.11 Å². The van der Waals surface area contributed by atoms with Gasteiger partial charge in [-0.2, -0.15) is 39.5 Å². The molecule has 0 saturated carbocycles. The van der Waals surface area contributed by atoms with Gasteiger partial charge in [0.1, 0.15) is 11.2 Å². The molecule has 5 aromatic rings. The zero-order chi connectivity index (χ0) is 48.4. The van der Waals surface area contributed by atoms with Gasteiger partial charge in [0.2, 0.25) is 0 Å². The molecule has 0 aliphatic rings. The number of nitrogens with zero attached hydrogens (tertiary/aromatic N) is 1. The Bertz CT molecular complexity index is 2520. The van der Waals surface area contributed by atoms with Crippen LogP contribution in [-0.2, 0) is 42.4 Å². The molecule has 2 heterocycles. The topological polar surface area (TPSA) is 50.2 Å². The van der Waals surface area contributed by atoms with E-state index < -0.39 is 51.8 Å². The molecule has 64 heavy (non-hydrogen) atoms. The van der Waals surface area contributed by atoms with Crippen LogP contribution in [0.25, 0.3) is 42.6 Å². The van der Waals surface area contributed by atoms with Gasteiger partial charge in [-0.05, 0) is 85.1 Å². The molecule has 0 saturated heterocycles. The molecule has 3 aromatic carbocycles. The SMILES string of the molecule is CC(C)(C)/C(O)=C/C(=O)C(C)(C)C(F)(F)F.Cc1cc(CC(C)(C)C)cc(C)c1-c1sc2c(-c3[c-]c4ccccc4c(C(C)(C)C)c3)ncc(C(F)(C(F)(F)F)C(F)(F)F)c2c1C.[Ir]. The van der Waals surface area contributed by atoms with E-state index in [9.17, 15) is 49.4 Å². The number of carbonyl (C=O) groups is 1. The van der Waals surface area contributed by atoms with Crippen LogP contribution in [0.3, 0.4) is 0 Å². The summed E-state index contributed by atoms with van der Waals surface area (Å²) in [7, 11) is 0. The van der Waals surface area contributed by atoms with E-state index in [2.05, 4.69) is 31.8 Å². The van der Waals surface area contributed by atoms with Gasteiger partial charge in [-0.15, -0.1) is 40.5 Å². The molecule has 15 heteroatoms. The van der Waals surface area contributed by atoms with E-state index in [-0.39, 0.29) is 52.7 Å². The normalized spacial score (nSPS) is 13.8. The number of aromatic nitrogens is 1. The number of benzene rings is 3. The second-order valence-electron chi connectivity index (χ2n) is 19.9. The molecule has 0 amide bonds. The maximum atomic E-state index is 15.9. The Morgan fingerprint density at radius 3 is 1.72 bits per heavy atom. The monoisotopic (exact) mass is 1100 g/mol. The quantitative estimate of drug-likeness (QED) is 0.0798. The fourth-order valence-corrected chi connectivity index (χ4v) is 8.69. The average molecular weight is 1100 g/mol. The molecule has 5 rings (SSSR count). The van der Waals surface area contributed by atoms with Gasteiger partial charge in [-0.1, -0.05) is 104 Å². The minimum Gasteiger partial charge on any atom is -0.512 e. The first-order valence-corrected chi connectivity index (χ1v) is 20.9. The molecular weight excluding hydrogens is 1050 g/mol. The zero-order valence-electron chi connectivity index (χ0n) is 38.2. The van der Waals surface area contributed by atoms with Crippen LogP contribution in [0.15, 0.2) is 60.5 Å². The van der Waals surface area contributed by atoms with Crippen molar-refractivity contribution in [2.75, 3.05) is 0 Å². The second kappa shape index (κ2) is 18.1. The van der Waals surface area contributed by atoms with E-state index in [0.717, 1.165) is 59.2 Å². The number of hydrogen-bond donors (Lipinski definition) is 1. The standard InChI is InChI=1S/C38H37F7NS.C11H17F3O2.Ir/c1-20-14-23(18-34(4,5)6)15-21(2)29(20)32-22(3)30-28(36(39,37(40,41)42)38(43,44)45)19-46-31(33(30)47-32)25-16-24-12-10-11-13-26(24)27(17-25)35(7,8)9;1-9(2,3)7(15)6-8(16)10(4,5)11(12,13)14;/h10-15,17,19H,18H2,1-9H3;6,15H,1-5H3;/q-1;;/b;7-6-;. The third-order valence-electron chi connectivity index (χ3n) is 10.9. The summed E-state index contributed by atoms with van der Waals surface area (Å²) < 4.78 is 139. The van der Waals surface area contributed by atoms with E-state index in [1.54, 1.807) is 20.8 Å². The van der Waals surface area contributed by atoms with Crippen molar-refractivity contribution in [1.82, 2.24) is 4.98 Å². The van der Waals surface area contributed by atoms with Gasteiger partial charge in [0.05, 0.1) is 0 Å². The van der Waals surface area contributed by atoms with Crippen molar-refractivity contribution in [2.45, 2.75) is 133 Å². The number of hydrogen-bond acceptors (Lipinski definition) is 4. The maximum Gasteiger partial charge on any atom is 0.436 e. The van der Waals surface area contributed by atoms with Gasteiger partial charge >= 0.3 is 24.2 Å². The van der Waals surface area contributed by atoms with Crippen LogP contribution in [0.4, 0.5) is 43.9 Å². The molecule has 0 bridgehead atoms. The van der Waals surface area contributed by atoms with Gasteiger partial charge in [0.15, 0.2) is 5.78 Å². The molecule has 0 unspecified atom stereocenters. The maximum absolute atomic E-state index is 15.9. The smallest absolute Gasteiger partial charge is 0.436 e. The number of allylic oxidation sites excluding steroid dienone is 2. The molecule has 0 spiro atoms. The number of carbonyl (C=O) groups excluding carboxylic acids is 1. The van der Waals surface area contributed by atoms with E-state index in [4.69, 9.17) is 0 Å². The number of thiophene rings is 1. The fourth-order valence-electron chi connectivity index (χ4n) is 7.18. The van der Waals surface area contributed by atoms with Crippen LogP contribution < -0.4 is 0 Å². The number of pyridine rings is 1. The Morgan fingerprint density at radius 1 is 0.750 bits per heavy atom. The minimum atomic E-state index is -6.29. The molecule has 1 radical (unpaired) electrons. The van der Waals surface area contributed by atoms with Crippen molar-refractivity contribution < 1.29 is 73.9 Å². The summed E-state index contributed by atoms with van der Waals surface area (Å²) in [5.74, 6) is -1.50. The van der Waals surface area contributed by atoms with Crippen molar-refractivity contribution in [3.05, 3.63) is 99.9 Å². The number of fused-ring (bicyclic) bond motifs is 2. The Hall–Kier alpha value is -3.81. The van der Waals surface area contributed by atoms with Crippen LogP contribution in [0.2, 0.25) is 0 Å². The van der Waals surface area contributed by atoms with Crippen molar-refractivity contribution in [3.8, 4) is 21.7 Å². The molecule has 0 aliphatic heterocycles. The average Bonchev–Trinajstić information content (AvgIpc) is 3.43. The summed E-state index contributed by atoms with van der Waals surface area (Å²) in [6, 6.07) is 16.6. The fraction of sp³-hybridized carbons (Fsp3) is 0.469. The van der Waals surface area contributed by atoms with Gasteiger partial charge in [-0.25, -0.2) is 4.39 Å².